The SMILES string of the molecule is Cc1cccc(C2NCC(=O)N2CC(C)(C)S(C)(=O)=O)c1. The van der Waals surface area contributed by atoms with Crippen molar-refractivity contribution in [3.8, 4) is 0 Å². The maximum absolute atomic E-state index is 12.1. The van der Waals surface area contributed by atoms with Gasteiger partial charge in [0.15, 0.2) is 9.84 Å². The largest absolute Gasteiger partial charge is 0.320 e. The number of amides is 1. The number of rotatable bonds is 4. The van der Waals surface area contributed by atoms with E-state index in [-0.39, 0.29) is 25.2 Å². The highest BCUT2D eigenvalue weighted by Crippen LogP contribution is 2.27. The first-order valence-electron chi connectivity index (χ1n) is 6.91. The summed E-state index contributed by atoms with van der Waals surface area (Å²) in [6.45, 7) is 5.71. The molecule has 21 heavy (non-hydrogen) atoms. The lowest BCUT2D eigenvalue weighted by molar-refractivity contribution is -0.128. The fraction of sp³-hybridized carbons (Fsp3) is 0.533. The van der Waals surface area contributed by atoms with Crippen LogP contribution in [0.3, 0.4) is 0 Å². The van der Waals surface area contributed by atoms with Crippen molar-refractivity contribution in [1.82, 2.24) is 10.2 Å². The van der Waals surface area contributed by atoms with Gasteiger partial charge in [0.05, 0.1) is 11.3 Å². The number of hydrogen-bond acceptors (Lipinski definition) is 4. The van der Waals surface area contributed by atoms with Crippen LogP contribution in [0.25, 0.3) is 0 Å². The Balaban J connectivity index is 2.30. The molecule has 6 heteroatoms. The third-order valence-electron chi connectivity index (χ3n) is 3.99. The standard InChI is InChI=1S/C15H22N2O3S/c1-11-6-5-7-12(8-11)14-16-9-13(18)17(14)10-15(2,3)21(4,19)20/h5-8,14,16H,9-10H2,1-4H3. The van der Waals surface area contributed by atoms with Crippen LogP contribution < -0.4 is 5.32 Å². The minimum Gasteiger partial charge on any atom is -0.320 e. The second-order valence-electron chi connectivity index (χ2n) is 6.25. The van der Waals surface area contributed by atoms with Crippen molar-refractivity contribution in [2.24, 2.45) is 0 Å². The summed E-state index contributed by atoms with van der Waals surface area (Å²) in [5.41, 5.74) is 2.08. The molecule has 5 nitrogen and oxygen atoms in total. The second-order valence-corrected chi connectivity index (χ2v) is 8.90. The summed E-state index contributed by atoms with van der Waals surface area (Å²) in [7, 11) is -3.25. The van der Waals surface area contributed by atoms with Gasteiger partial charge in [-0.1, -0.05) is 29.8 Å². The third-order valence-corrected chi connectivity index (χ3v) is 6.13. The number of hydrogen-bond donors (Lipinski definition) is 1. The van der Waals surface area contributed by atoms with Crippen molar-refractivity contribution >= 4 is 15.7 Å². The Morgan fingerprint density at radius 3 is 2.62 bits per heavy atom. The molecular formula is C15H22N2O3S. The van der Waals surface area contributed by atoms with Crippen molar-refractivity contribution in [1.29, 1.82) is 0 Å². The number of carbonyl (C=O) groups is 1. The highest BCUT2D eigenvalue weighted by Gasteiger charge is 2.39. The smallest absolute Gasteiger partial charge is 0.238 e. The Bertz CT molecular complexity index is 653. The van der Waals surface area contributed by atoms with Gasteiger partial charge in [0.25, 0.3) is 0 Å². The summed E-state index contributed by atoms with van der Waals surface area (Å²) in [5.74, 6) is -0.0711. The maximum Gasteiger partial charge on any atom is 0.238 e. The molecule has 1 aliphatic heterocycles. The Morgan fingerprint density at radius 1 is 1.38 bits per heavy atom. The van der Waals surface area contributed by atoms with E-state index in [4.69, 9.17) is 0 Å². The van der Waals surface area contributed by atoms with Gasteiger partial charge in [-0.2, -0.15) is 0 Å². The van der Waals surface area contributed by atoms with Crippen LogP contribution in [0.5, 0.6) is 0 Å². The number of sulfone groups is 1. The monoisotopic (exact) mass is 310 g/mol. The zero-order valence-electron chi connectivity index (χ0n) is 12.9. The van der Waals surface area contributed by atoms with Gasteiger partial charge < -0.3 is 4.90 Å². The summed E-state index contributed by atoms with van der Waals surface area (Å²) in [4.78, 5) is 13.7. The van der Waals surface area contributed by atoms with E-state index in [0.717, 1.165) is 11.1 Å². The molecule has 0 saturated carbocycles. The maximum atomic E-state index is 12.1. The van der Waals surface area contributed by atoms with Crippen LogP contribution in [-0.2, 0) is 14.6 Å². The molecular weight excluding hydrogens is 288 g/mol. The fourth-order valence-electron chi connectivity index (χ4n) is 2.38. The van der Waals surface area contributed by atoms with E-state index in [2.05, 4.69) is 5.32 Å². The van der Waals surface area contributed by atoms with Crippen molar-refractivity contribution in [3.63, 3.8) is 0 Å². The molecule has 1 aliphatic rings. The summed E-state index contributed by atoms with van der Waals surface area (Å²) in [5, 5.41) is 3.16. The first kappa shape index (κ1) is 16.0. The quantitative estimate of drug-likeness (QED) is 0.909. The molecule has 1 amide bonds. The van der Waals surface area contributed by atoms with E-state index in [0.29, 0.717) is 0 Å². The summed E-state index contributed by atoms with van der Waals surface area (Å²) >= 11 is 0. The number of nitrogens with one attached hydrogen (secondary N) is 1. The number of benzene rings is 1. The Morgan fingerprint density at radius 2 is 2.05 bits per heavy atom. The molecule has 1 heterocycles. The first-order chi connectivity index (χ1) is 9.62. The molecule has 116 valence electrons. The summed E-state index contributed by atoms with van der Waals surface area (Å²) in [6.07, 6.45) is 0.946. The number of carbonyl (C=O) groups excluding carboxylic acids is 1. The third kappa shape index (κ3) is 3.27. The molecule has 1 fully saturated rings. The first-order valence-corrected chi connectivity index (χ1v) is 8.80. The van der Waals surface area contributed by atoms with Gasteiger partial charge in [-0.05, 0) is 26.3 Å². The lowest BCUT2D eigenvalue weighted by Gasteiger charge is -2.32. The number of nitrogens with zero attached hydrogens (tertiary/aromatic N) is 1. The minimum atomic E-state index is -3.25. The fourth-order valence-corrected chi connectivity index (χ4v) is 2.76. The normalized spacial score (nSPS) is 20.1. The molecule has 0 aliphatic carbocycles. The van der Waals surface area contributed by atoms with Crippen LogP contribution in [0.1, 0.15) is 31.1 Å². The van der Waals surface area contributed by atoms with Crippen LogP contribution in [0.15, 0.2) is 24.3 Å². The Kier molecular flexibility index (Phi) is 4.13. The van der Waals surface area contributed by atoms with E-state index in [1.54, 1.807) is 18.7 Å². The van der Waals surface area contributed by atoms with Crippen LogP contribution >= 0.6 is 0 Å². The van der Waals surface area contributed by atoms with Gasteiger partial charge in [0.1, 0.15) is 6.17 Å². The van der Waals surface area contributed by atoms with Crippen molar-refractivity contribution < 1.29 is 13.2 Å². The predicted molar refractivity (Wildman–Crippen MR) is 82.6 cm³/mol. The van der Waals surface area contributed by atoms with Gasteiger partial charge in [-0.3, -0.25) is 10.1 Å². The minimum absolute atomic E-state index is 0.0711. The van der Waals surface area contributed by atoms with Gasteiger partial charge in [0, 0.05) is 12.8 Å². The van der Waals surface area contributed by atoms with Crippen LogP contribution in [0.2, 0.25) is 0 Å². The van der Waals surface area contributed by atoms with Crippen LogP contribution in [0, 0.1) is 6.92 Å². The molecule has 2 rings (SSSR count). The summed E-state index contributed by atoms with van der Waals surface area (Å²) < 4.78 is 22.8. The molecule has 0 aromatic heterocycles. The molecule has 0 spiro atoms. The zero-order valence-corrected chi connectivity index (χ0v) is 13.7. The van der Waals surface area contributed by atoms with Crippen LogP contribution in [0.4, 0.5) is 0 Å². The molecule has 1 aromatic carbocycles. The van der Waals surface area contributed by atoms with Crippen molar-refractivity contribution in [3.05, 3.63) is 35.4 Å². The van der Waals surface area contributed by atoms with Crippen molar-refractivity contribution in [2.45, 2.75) is 31.7 Å². The molecule has 0 bridgehead atoms. The van der Waals surface area contributed by atoms with Gasteiger partial charge in [0.2, 0.25) is 5.91 Å². The molecule has 0 radical (unpaired) electrons. The van der Waals surface area contributed by atoms with E-state index in [9.17, 15) is 13.2 Å². The lowest BCUT2D eigenvalue weighted by Crippen LogP contribution is -2.46. The van der Waals surface area contributed by atoms with E-state index in [1.807, 2.05) is 31.2 Å². The Labute approximate surface area is 126 Å². The lowest BCUT2D eigenvalue weighted by atomic mass is 10.1. The topological polar surface area (TPSA) is 66.5 Å². The summed E-state index contributed by atoms with van der Waals surface area (Å²) in [6, 6.07) is 7.89. The molecule has 1 aromatic rings. The van der Waals surface area contributed by atoms with Crippen LogP contribution in [-0.4, -0.2) is 43.3 Å². The van der Waals surface area contributed by atoms with Gasteiger partial charge in [-0.15, -0.1) is 0 Å². The van der Waals surface area contributed by atoms with Crippen molar-refractivity contribution in [2.75, 3.05) is 19.3 Å². The average Bonchev–Trinajstić information content (AvgIpc) is 2.69. The average molecular weight is 310 g/mol. The molecule has 1 saturated heterocycles. The highest BCUT2D eigenvalue weighted by atomic mass is 32.2. The van der Waals surface area contributed by atoms with E-state index >= 15 is 0 Å². The molecule has 1 unspecified atom stereocenters. The Hall–Kier alpha value is -1.40. The molecule has 1 atom stereocenters. The predicted octanol–water partition coefficient (Wildman–Crippen LogP) is 1.25. The van der Waals surface area contributed by atoms with E-state index < -0.39 is 14.6 Å². The second kappa shape index (κ2) is 5.42. The number of aryl methyl sites for hydroxylation is 1. The van der Waals surface area contributed by atoms with Gasteiger partial charge >= 0.3 is 0 Å². The molecule has 1 N–H and O–H groups in total. The highest BCUT2D eigenvalue weighted by molar-refractivity contribution is 7.92. The van der Waals surface area contributed by atoms with Gasteiger partial charge in [-0.25, -0.2) is 8.42 Å². The zero-order chi connectivity index (χ0) is 15.8. The van der Waals surface area contributed by atoms with E-state index in [1.165, 1.54) is 6.26 Å².